The Labute approximate surface area is 144 Å². The van der Waals surface area contributed by atoms with E-state index < -0.39 is 0 Å². The van der Waals surface area contributed by atoms with Crippen LogP contribution in [0.15, 0.2) is 45.3 Å². The molecule has 0 unspecified atom stereocenters. The number of rotatable bonds is 3. The maximum atomic E-state index is 6.06. The molecule has 0 aliphatic heterocycles. The normalized spacial score (nSPS) is 11.0. The summed E-state index contributed by atoms with van der Waals surface area (Å²) in [5.74, 6) is 1.94. The maximum Gasteiger partial charge on any atom is 0.133 e. The topological polar surface area (TPSA) is 27.1 Å². The Morgan fingerprint density at radius 2 is 2.00 bits per heavy atom. The van der Waals surface area contributed by atoms with Gasteiger partial charge in [-0.2, -0.15) is 0 Å². The summed E-state index contributed by atoms with van der Waals surface area (Å²) in [6.45, 7) is 0. The van der Waals surface area contributed by atoms with E-state index in [1.807, 2.05) is 36.4 Å². The van der Waals surface area contributed by atoms with E-state index in [4.69, 9.17) is 16.3 Å². The lowest BCUT2D eigenvalue weighted by molar-refractivity contribution is 0.412. The molecule has 0 fully saturated rings. The minimum atomic E-state index is 0.343. The minimum Gasteiger partial charge on any atom is -0.496 e. The van der Waals surface area contributed by atoms with Crippen LogP contribution in [0.2, 0.25) is 0 Å². The zero-order valence-corrected chi connectivity index (χ0v) is 15.0. The van der Waals surface area contributed by atoms with Gasteiger partial charge in [0, 0.05) is 10.2 Å². The molecule has 6 heteroatoms. The van der Waals surface area contributed by atoms with Gasteiger partial charge in [0.2, 0.25) is 0 Å². The molecule has 0 aliphatic rings. The maximum absolute atomic E-state index is 6.06. The second kappa shape index (κ2) is 5.99. The third kappa shape index (κ3) is 2.70. The van der Waals surface area contributed by atoms with Crippen LogP contribution in [-0.2, 0) is 5.88 Å². The fraction of sp³-hybridized carbons (Fsp3) is 0.133. The Morgan fingerprint density at radius 1 is 1.19 bits per heavy atom. The third-order valence-electron chi connectivity index (χ3n) is 3.20. The molecule has 21 heavy (non-hydrogen) atoms. The summed E-state index contributed by atoms with van der Waals surface area (Å²) in [5, 5.41) is 0. The van der Waals surface area contributed by atoms with Crippen molar-refractivity contribution in [1.82, 2.24) is 9.55 Å². The van der Waals surface area contributed by atoms with E-state index in [0.717, 1.165) is 37.2 Å². The lowest BCUT2D eigenvalue weighted by Crippen LogP contribution is -1.99. The molecule has 0 spiro atoms. The number of benzene rings is 2. The Hall–Kier alpha value is -1.04. The monoisotopic (exact) mass is 428 g/mol. The average Bonchev–Trinajstić information content (AvgIpc) is 2.84. The van der Waals surface area contributed by atoms with Gasteiger partial charge in [-0.25, -0.2) is 4.98 Å². The lowest BCUT2D eigenvalue weighted by atomic mass is 10.2. The Bertz CT molecular complexity index is 817. The van der Waals surface area contributed by atoms with Gasteiger partial charge in [-0.15, -0.1) is 11.6 Å². The number of fused-ring (bicyclic) bond motifs is 1. The summed E-state index contributed by atoms with van der Waals surface area (Å²) in [7, 11) is 1.65. The van der Waals surface area contributed by atoms with E-state index in [9.17, 15) is 0 Å². The van der Waals surface area contributed by atoms with Crippen molar-refractivity contribution in [3.8, 4) is 11.4 Å². The first-order valence-corrected chi connectivity index (χ1v) is 8.33. The van der Waals surface area contributed by atoms with E-state index in [2.05, 4.69) is 41.4 Å². The number of hydrogen-bond donors (Lipinski definition) is 0. The molecule has 0 radical (unpaired) electrons. The molecule has 0 amide bonds. The molecule has 0 saturated carbocycles. The van der Waals surface area contributed by atoms with Crippen molar-refractivity contribution in [2.75, 3.05) is 7.11 Å². The highest BCUT2D eigenvalue weighted by atomic mass is 79.9. The highest BCUT2D eigenvalue weighted by Gasteiger charge is 2.13. The van der Waals surface area contributed by atoms with Crippen LogP contribution in [0, 0.1) is 0 Å². The Kier molecular flexibility index (Phi) is 4.24. The summed E-state index contributed by atoms with van der Waals surface area (Å²) in [6.07, 6.45) is 0. The number of hydrogen-bond acceptors (Lipinski definition) is 2. The van der Waals surface area contributed by atoms with Crippen LogP contribution >= 0.6 is 43.5 Å². The molecular formula is C15H11Br2ClN2O. The van der Waals surface area contributed by atoms with Crippen LogP contribution in [0.25, 0.3) is 16.7 Å². The second-order valence-corrected chi connectivity index (χ2v) is 6.49. The number of ether oxygens (including phenoxy) is 1. The molecule has 0 atom stereocenters. The number of imidazole rings is 1. The predicted molar refractivity (Wildman–Crippen MR) is 92.6 cm³/mol. The molecule has 0 aliphatic carbocycles. The molecular weight excluding hydrogens is 419 g/mol. The third-order valence-corrected chi connectivity index (χ3v) is 4.55. The molecule has 3 nitrogen and oxygen atoms in total. The van der Waals surface area contributed by atoms with Gasteiger partial charge >= 0.3 is 0 Å². The SMILES string of the molecule is COc1ccc(-n2c(CCl)nc3ccc(Br)cc32)cc1Br. The standard InChI is InChI=1S/C15H11Br2ClN2O/c1-21-14-5-3-10(7-11(14)17)20-13-6-9(16)2-4-12(13)19-15(20)8-18/h2-7H,8H2,1H3. The van der Waals surface area contributed by atoms with Crippen molar-refractivity contribution in [2.45, 2.75) is 5.88 Å². The number of aromatic nitrogens is 2. The van der Waals surface area contributed by atoms with Crippen LogP contribution in [-0.4, -0.2) is 16.7 Å². The minimum absolute atomic E-state index is 0.343. The van der Waals surface area contributed by atoms with Crippen LogP contribution in [0.1, 0.15) is 5.82 Å². The first-order valence-electron chi connectivity index (χ1n) is 6.21. The second-order valence-electron chi connectivity index (χ2n) is 4.45. The van der Waals surface area contributed by atoms with Crippen molar-refractivity contribution in [3.63, 3.8) is 0 Å². The smallest absolute Gasteiger partial charge is 0.133 e. The molecule has 3 rings (SSSR count). The highest BCUT2D eigenvalue weighted by Crippen LogP contribution is 2.31. The van der Waals surface area contributed by atoms with Crippen molar-refractivity contribution >= 4 is 54.5 Å². The Morgan fingerprint density at radius 3 is 2.67 bits per heavy atom. The number of methoxy groups -OCH3 is 1. The number of nitrogens with zero attached hydrogens (tertiary/aromatic N) is 2. The molecule has 2 aromatic carbocycles. The van der Waals surface area contributed by atoms with Crippen molar-refractivity contribution < 1.29 is 4.74 Å². The van der Waals surface area contributed by atoms with Crippen LogP contribution in [0.4, 0.5) is 0 Å². The van der Waals surface area contributed by atoms with Crippen LogP contribution in [0.3, 0.4) is 0 Å². The molecule has 0 saturated heterocycles. The number of halogens is 3. The summed E-state index contributed by atoms with van der Waals surface area (Å²) < 4.78 is 9.22. The van der Waals surface area contributed by atoms with E-state index >= 15 is 0 Å². The zero-order chi connectivity index (χ0) is 15.0. The van der Waals surface area contributed by atoms with E-state index in [0.29, 0.717) is 5.88 Å². The van der Waals surface area contributed by atoms with Crippen molar-refractivity contribution in [1.29, 1.82) is 0 Å². The van der Waals surface area contributed by atoms with Crippen LogP contribution in [0.5, 0.6) is 5.75 Å². The largest absolute Gasteiger partial charge is 0.496 e. The average molecular weight is 431 g/mol. The van der Waals surface area contributed by atoms with Gasteiger partial charge in [0.1, 0.15) is 11.6 Å². The van der Waals surface area contributed by atoms with Gasteiger partial charge in [0.25, 0.3) is 0 Å². The molecule has 1 heterocycles. The van der Waals surface area contributed by atoms with E-state index in [1.165, 1.54) is 0 Å². The Balaban J connectivity index is 2.27. The molecule has 3 aromatic rings. The van der Waals surface area contributed by atoms with Gasteiger partial charge < -0.3 is 4.74 Å². The number of alkyl halides is 1. The summed E-state index contributed by atoms with van der Waals surface area (Å²) in [6, 6.07) is 11.9. The van der Waals surface area contributed by atoms with Gasteiger partial charge in [0.05, 0.1) is 28.5 Å². The van der Waals surface area contributed by atoms with E-state index in [-0.39, 0.29) is 0 Å². The first-order chi connectivity index (χ1) is 10.1. The fourth-order valence-electron chi connectivity index (χ4n) is 2.27. The van der Waals surface area contributed by atoms with Gasteiger partial charge in [-0.1, -0.05) is 15.9 Å². The van der Waals surface area contributed by atoms with Crippen molar-refractivity contribution in [3.05, 3.63) is 51.2 Å². The quantitative estimate of drug-likeness (QED) is 0.528. The van der Waals surface area contributed by atoms with Crippen LogP contribution < -0.4 is 4.74 Å². The first kappa shape index (κ1) is 14.9. The van der Waals surface area contributed by atoms with Crippen molar-refractivity contribution in [2.24, 2.45) is 0 Å². The summed E-state index contributed by atoms with van der Waals surface area (Å²) in [4.78, 5) is 4.58. The van der Waals surface area contributed by atoms with Gasteiger partial charge in [-0.05, 0) is 52.3 Å². The molecule has 108 valence electrons. The summed E-state index contributed by atoms with van der Waals surface area (Å²) >= 11 is 13.1. The zero-order valence-electron chi connectivity index (χ0n) is 11.1. The highest BCUT2D eigenvalue weighted by molar-refractivity contribution is 9.10. The van der Waals surface area contributed by atoms with Gasteiger partial charge in [-0.3, -0.25) is 4.57 Å². The fourth-order valence-corrected chi connectivity index (χ4v) is 3.33. The summed E-state index contributed by atoms with van der Waals surface area (Å²) in [5.41, 5.74) is 2.91. The van der Waals surface area contributed by atoms with E-state index in [1.54, 1.807) is 7.11 Å². The lowest BCUT2D eigenvalue weighted by Gasteiger charge is -2.10. The molecule has 1 aromatic heterocycles. The molecule has 0 bridgehead atoms. The van der Waals surface area contributed by atoms with Gasteiger partial charge in [0.15, 0.2) is 0 Å². The predicted octanol–water partition coefficient (Wildman–Crippen LogP) is 5.30. The molecule has 0 N–H and O–H groups in total.